The number of nitro groups is 1. The van der Waals surface area contributed by atoms with E-state index in [-0.39, 0.29) is 5.82 Å². The molecule has 0 amide bonds. The quantitative estimate of drug-likeness (QED) is 0.503. The van der Waals surface area contributed by atoms with Gasteiger partial charge >= 0.3 is 5.82 Å². The number of imidazole rings is 1. The zero-order chi connectivity index (χ0) is 17.3. The topological polar surface area (TPSA) is 82.1 Å². The Bertz CT molecular complexity index is 889. The number of nitrogens with zero attached hydrogens (tertiary/aromatic N) is 4. The van der Waals surface area contributed by atoms with Crippen molar-refractivity contribution >= 4 is 27.9 Å². The number of methoxy groups -OCH3 is 2. The number of rotatable bonds is 6. The van der Waals surface area contributed by atoms with Crippen LogP contribution in [0.4, 0.5) is 11.6 Å². The van der Waals surface area contributed by atoms with Gasteiger partial charge in [0.25, 0.3) is 4.96 Å². The minimum absolute atomic E-state index is 0.0331. The minimum Gasteiger partial charge on any atom is -0.493 e. The Hall–Kier alpha value is -2.81. The van der Waals surface area contributed by atoms with Crippen molar-refractivity contribution in [1.29, 1.82) is 0 Å². The van der Waals surface area contributed by atoms with Crippen LogP contribution in [0.25, 0.3) is 4.96 Å². The Balaban J connectivity index is 1.93. The standard InChI is InChI=1S/C15H16N4O4S/c1-17(9-10-4-5-11(22-2)12(8-10)23-3)13-14(19(20)21)18-6-7-24-15(18)16-13/h4-8H,9H2,1-3H3. The summed E-state index contributed by atoms with van der Waals surface area (Å²) in [6.07, 6.45) is 1.65. The Morgan fingerprint density at radius 2 is 2.08 bits per heavy atom. The van der Waals surface area contributed by atoms with Gasteiger partial charge in [0, 0.05) is 19.0 Å². The number of thiazole rings is 1. The predicted octanol–water partition coefficient (Wildman–Crippen LogP) is 2.96. The van der Waals surface area contributed by atoms with Gasteiger partial charge in [-0.25, -0.2) is 0 Å². The first-order valence-electron chi connectivity index (χ1n) is 7.07. The highest BCUT2D eigenvalue weighted by molar-refractivity contribution is 7.15. The average Bonchev–Trinajstić information content (AvgIpc) is 3.14. The molecular weight excluding hydrogens is 332 g/mol. The van der Waals surface area contributed by atoms with Gasteiger partial charge in [-0.2, -0.15) is 9.38 Å². The summed E-state index contributed by atoms with van der Waals surface area (Å²) >= 11 is 1.36. The molecule has 0 fully saturated rings. The number of hydrogen-bond acceptors (Lipinski definition) is 7. The molecule has 24 heavy (non-hydrogen) atoms. The maximum Gasteiger partial charge on any atom is 0.373 e. The molecule has 1 aromatic carbocycles. The molecule has 2 aromatic heterocycles. The molecule has 3 aromatic rings. The molecule has 0 unspecified atom stereocenters. The van der Waals surface area contributed by atoms with Gasteiger partial charge in [-0.1, -0.05) is 17.4 Å². The van der Waals surface area contributed by atoms with E-state index in [0.29, 0.717) is 28.8 Å². The van der Waals surface area contributed by atoms with Crippen molar-refractivity contribution in [3.63, 3.8) is 0 Å². The molecule has 0 aliphatic carbocycles. The Kier molecular flexibility index (Phi) is 4.26. The molecular formula is C15H16N4O4S. The normalized spacial score (nSPS) is 10.8. The third-order valence-corrected chi connectivity index (χ3v) is 4.38. The zero-order valence-corrected chi connectivity index (χ0v) is 14.2. The molecule has 0 saturated heterocycles. The summed E-state index contributed by atoms with van der Waals surface area (Å²) in [6, 6.07) is 5.55. The number of aromatic nitrogens is 2. The van der Waals surface area contributed by atoms with E-state index in [4.69, 9.17) is 9.47 Å². The van der Waals surface area contributed by atoms with Crippen LogP contribution in [0.15, 0.2) is 29.8 Å². The lowest BCUT2D eigenvalue weighted by Crippen LogP contribution is -2.18. The second kappa shape index (κ2) is 6.36. The lowest BCUT2D eigenvalue weighted by molar-refractivity contribution is -0.389. The van der Waals surface area contributed by atoms with Crippen LogP contribution in [0.5, 0.6) is 11.5 Å². The second-order valence-corrected chi connectivity index (χ2v) is 5.99. The third-order valence-electron chi connectivity index (χ3n) is 3.62. The van der Waals surface area contributed by atoms with Gasteiger partial charge < -0.3 is 24.5 Å². The molecule has 0 aliphatic heterocycles. The smallest absolute Gasteiger partial charge is 0.373 e. The molecule has 0 N–H and O–H groups in total. The van der Waals surface area contributed by atoms with Gasteiger partial charge in [0.1, 0.15) is 6.20 Å². The van der Waals surface area contributed by atoms with E-state index >= 15 is 0 Å². The number of hydrogen-bond donors (Lipinski definition) is 0. The number of ether oxygens (including phenoxy) is 2. The number of benzene rings is 1. The van der Waals surface area contributed by atoms with Crippen LogP contribution < -0.4 is 14.4 Å². The lowest BCUT2D eigenvalue weighted by atomic mass is 10.2. The van der Waals surface area contributed by atoms with Crippen molar-refractivity contribution in [2.75, 3.05) is 26.2 Å². The van der Waals surface area contributed by atoms with Crippen LogP contribution in [-0.4, -0.2) is 35.6 Å². The van der Waals surface area contributed by atoms with Gasteiger partial charge in [-0.15, -0.1) is 0 Å². The fraction of sp³-hybridized carbons (Fsp3) is 0.267. The lowest BCUT2D eigenvalue weighted by Gasteiger charge is -2.17. The Labute approximate surface area is 142 Å². The Morgan fingerprint density at radius 1 is 1.33 bits per heavy atom. The highest BCUT2D eigenvalue weighted by atomic mass is 32.1. The summed E-state index contributed by atoms with van der Waals surface area (Å²) in [5.74, 6) is 1.55. The molecule has 0 atom stereocenters. The first-order chi connectivity index (χ1) is 11.5. The maximum atomic E-state index is 11.4. The summed E-state index contributed by atoms with van der Waals surface area (Å²) in [5, 5.41) is 13.2. The highest BCUT2D eigenvalue weighted by Crippen LogP contribution is 2.32. The molecule has 8 nitrogen and oxygen atoms in total. The van der Waals surface area contributed by atoms with Crippen LogP contribution in [0.1, 0.15) is 5.56 Å². The first-order valence-corrected chi connectivity index (χ1v) is 7.95. The summed E-state index contributed by atoms with van der Waals surface area (Å²) in [4.78, 5) is 17.7. The van der Waals surface area contributed by atoms with E-state index < -0.39 is 4.92 Å². The molecule has 0 aliphatic rings. The highest BCUT2D eigenvalue weighted by Gasteiger charge is 2.26. The SMILES string of the molecule is COc1ccc(CN(C)c2nc3sccn3c2[N+](=O)[O-])cc1OC. The van der Waals surface area contributed by atoms with E-state index in [1.54, 1.807) is 37.7 Å². The molecule has 0 spiro atoms. The largest absolute Gasteiger partial charge is 0.493 e. The van der Waals surface area contributed by atoms with E-state index in [9.17, 15) is 10.1 Å². The summed E-state index contributed by atoms with van der Waals surface area (Å²) < 4.78 is 12.0. The Morgan fingerprint density at radius 3 is 2.75 bits per heavy atom. The molecule has 0 bridgehead atoms. The summed E-state index contributed by atoms with van der Waals surface area (Å²) in [6.45, 7) is 0.450. The van der Waals surface area contributed by atoms with Crippen molar-refractivity contribution in [2.45, 2.75) is 6.54 Å². The average molecular weight is 348 g/mol. The van der Waals surface area contributed by atoms with Crippen molar-refractivity contribution in [1.82, 2.24) is 9.38 Å². The fourth-order valence-corrected chi connectivity index (χ4v) is 3.22. The van der Waals surface area contributed by atoms with Crippen LogP contribution in [-0.2, 0) is 6.54 Å². The van der Waals surface area contributed by atoms with Crippen molar-refractivity contribution in [3.8, 4) is 11.5 Å². The molecule has 126 valence electrons. The van der Waals surface area contributed by atoms with Crippen LogP contribution in [0, 0.1) is 10.1 Å². The minimum atomic E-state index is -0.410. The summed E-state index contributed by atoms with van der Waals surface area (Å²) in [7, 11) is 4.92. The molecule has 3 rings (SSSR count). The maximum absolute atomic E-state index is 11.4. The van der Waals surface area contributed by atoms with E-state index in [1.165, 1.54) is 15.7 Å². The first kappa shape index (κ1) is 16.1. The number of anilines is 1. The fourth-order valence-electron chi connectivity index (χ4n) is 2.52. The van der Waals surface area contributed by atoms with Gasteiger partial charge in [0.05, 0.1) is 14.2 Å². The van der Waals surface area contributed by atoms with Crippen molar-refractivity contribution in [3.05, 3.63) is 45.5 Å². The monoisotopic (exact) mass is 348 g/mol. The van der Waals surface area contributed by atoms with Crippen LogP contribution in [0.2, 0.25) is 0 Å². The van der Waals surface area contributed by atoms with Crippen LogP contribution in [0.3, 0.4) is 0 Å². The molecule has 0 saturated carbocycles. The van der Waals surface area contributed by atoms with Gasteiger partial charge in [-0.05, 0) is 22.6 Å². The van der Waals surface area contributed by atoms with E-state index in [0.717, 1.165) is 5.56 Å². The zero-order valence-electron chi connectivity index (χ0n) is 13.4. The number of fused-ring (bicyclic) bond motifs is 1. The van der Waals surface area contributed by atoms with Gasteiger partial charge in [0.15, 0.2) is 11.5 Å². The third kappa shape index (κ3) is 2.73. The van der Waals surface area contributed by atoms with Crippen molar-refractivity contribution < 1.29 is 14.4 Å². The summed E-state index contributed by atoms with van der Waals surface area (Å²) in [5.41, 5.74) is 0.931. The van der Waals surface area contributed by atoms with E-state index in [2.05, 4.69) is 4.98 Å². The molecule has 0 radical (unpaired) electrons. The van der Waals surface area contributed by atoms with Gasteiger partial charge in [0.2, 0.25) is 5.82 Å². The van der Waals surface area contributed by atoms with E-state index in [1.807, 2.05) is 18.2 Å². The predicted molar refractivity (Wildman–Crippen MR) is 91.4 cm³/mol. The molecule has 2 heterocycles. The second-order valence-electron chi connectivity index (χ2n) is 5.12. The molecule has 9 heteroatoms. The van der Waals surface area contributed by atoms with Gasteiger partial charge in [-0.3, -0.25) is 0 Å². The van der Waals surface area contributed by atoms with Crippen molar-refractivity contribution in [2.24, 2.45) is 0 Å². The van der Waals surface area contributed by atoms with Crippen LogP contribution >= 0.6 is 11.3 Å².